The zero-order chi connectivity index (χ0) is 12.3. The van der Waals surface area contributed by atoms with E-state index in [-0.39, 0.29) is 0 Å². The Morgan fingerprint density at radius 3 is 2.65 bits per heavy atom. The predicted molar refractivity (Wildman–Crippen MR) is 71.2 cm³/mol. The van der Waals surface area contributed by atoms with E-state index < -0.39 is 6.10 Å². The largest absolute Gasteiger partial charge is 0.387 e. The van der Waals surface area contributed by atoms with Crippen LogP contribution in [0.2, 0.25) is 5.02 Å². The lowest BCUT2D eigenvalue weighted by Crippen LogP contribution is -2.32. The standard InChI is InChI=1S/C14H18ClNO/c1-11-6-8-16(9-7-11)10-14(17)12-2-4-13(15)5-3-12/h2-6,14,17H,7-10H2,1H3. The molecule has 0 amide bonds. The van der Waals surface area contributed by atoms with Crippen LogP contribution >= 0.6 is 11.6 Å². The predicted octanol–water partition coefficient (Wildman–Crippen LogP) is 3.03. The fourth-order valence-corrected chi connectivity index (χ4v) is 2.14. The van der Waals surface area contributed by atoms with Gasteiger partial charge in [-0.3, -0.25) is 4.90 Å². The summed E-state index contributed by atoms with van der Waals surface area (Å²) in [5.74, 6) is 0. The van der Waals surface area contributed by atoms with E-state index >= 15 is 0 Å². The van der Waals surface area contributed by atoms with Gasteiger partial charge in [-0.1, -0.05) is 35.4 Å². The molecule has 0 aliphatic carbocycles. The van der Waals surface area contributed by atoms with Crippen LogP contribution in [-0.4, -0.2) is 29.6 Å². The molecule has 17 heavy (non-hydrogen) atoms. The Hall–Kier alpha value is -0.830. The number of nitrogens with zero attached hydrogens (tertiary/aromatic N) is 1. The highest BCUT2D eigenvalue weighted by molar-refractivity contribution is 6.30. The number of aliphatic hydroxyl groups excluding tert-OH is 1. The molecule has 2 rings (SSSR count). The molecule has 2 nitrogen and oxygen atoms in total. The highest BCUT2D eigenvalue weighted by Gasteiger charge is 2.15. The van der Waals surface area contributed by atoms with Gasteiger partial charge < -0.3 is 5.11 Å². The van der Waals surface area contributed by atoms with Gasteiger partial charge in [0.15, 0.2) is 0 Å². The quantitative estimate of drug-likeness (QED) is 0.835. The molecule has 1 aromatic rings. The number of hydrogen-bond donors (Lipinski definition) is 1. The lowest BCUT2D eigenvalue weighted by atomic mass is 10.1. The van der Waals surface area contributed by atoms with Gasteiger partial charge in [0.25, 0.3) is 0 Å². The normalized spacial score (nSPS) is 18.9. The van der Waals surface area contributed by atoms with Gasteiger partial charge in [-0.25, -0.2) is 0 Å². The third-order valence-corrected chi connectivity index (χ3v) is 3.46. The summed E-state index contributed by atoms with van der Waals surface area (Å²) in [5.41, 5.74) is 2.38. The Morgan fingerprint density at radius 2 is 2.06 bits per heavy atom. The van der Waals surface area contributed by atoms with Crippen LogP contribution in [0.25, 0.3) is 0 Å². The molecule has 0 aromatic heterocycles. The Morgan fingerprint density at radius 1 is 1.35 bits per heavy atom. The van der Waals surface area contributed by atoms with Gasteiger partial charge in [0.1, 0.15) is 0 Å². The van der Waals surface area contributed by atoms with E-state index in [1.54, 1.807) is 0 Å². The number of aliphatic hydroxyl groups is 1. The topological polar surface area (TPSA) is 23.5 Å². The maximum Gasteiger partial charge on any atom is 0.0917 e. The van der Waals surface area contributed by atoms with Crippen molar-refractivity contribution >= 4 is 11.6 Å². The van der Waals surface area contributed by atoms with E-state index in [0.717, 1.165) is 25.1 Å². The van der Waals surface area contributed by atoms with E-state index in [2.05, 4.69) is 17.9 Å². The summed E-state index contributed by atoms with van der Waals surface area (Å²) in [6, 6.07) is 7.41. The van der Waals surface area contributed by atoms with E-state index in [9.17, 15) is 5.11 Å². The molecule has 0 saturated carbocycles. The molecule has 1 unspecified atom stereocenters. The average Bonchev–Trinajstić information content (AvgIpc) is 2.33. The minimum atomic E-state index is -0.431. The van der Waals surface area contributed by atoms with Crippen LogP contribution in [0.5, 0.6) is 0 Å². The smallest absolute Gasteiger partial charge is 0.0917 e. The summed E-state index contributed by atoms with van der Waals surface area (Å²) in [6.07, 6.45) is 2.91. The van der Waals surface area contributed by atoms with Crippen molar-refractivity contribution in [2.45, 2.75) is 19.4 Å². The second kappa shape index (κ2) is 5.67. The third-order valence-electron chi connectivity index (χ3n) is 3.21. The average molecular weight is 252 g/mol. The summed E-state index contributed by atoms with van der Waals surface area (Å²) in [6.45, 7) is 4.82. The van der Waals surface area contributed by atoms with Gasteiger partial charge in [0.2, 0.25) is 0 Å². The van der Waals surface area contributed by atoms with Gasteiger partial charge in [0.05, 0.1) is 6.10 Å². The van der Waals surface area contributed by atoms with E-state index in [1.807, 2.05) is 24.3 Å². The van der Waals surface area contributed by atoms with Crippen molar-refractivity contribution < 1.29 is 5.11 Å². The Bertz CT molecular complexity index is 399. The van der Waals surface area contributed by atoms with Crippen LogP contribution in [-0.2, 0) is 0 Å². The van der Waals surface area contributed by atoms with Crippen LogP contribution in [0.3, 0.4) is 0 Å². The van der Waals surface area contributed by atoms with Gasteiger partial charge in [-0.15, -0.1) is 0 Å². The molecule has 0 saturated heterocycles. The highest BCUT2D eigenvalue weighted by atomic mass is 35.5. The third kappa shape index (κ3) is 3.56. The first-order valence-electron chi connectivity index (χ1n) is 5.96. The first-order valence-corrected chi connectivity index (χ1v) is 6.34. The zero-order valence-corrected chi connectivity index (χ0v) is 10.8. The second-order valence-corrected chi connectivity index (χ2v) is 5.06. The second-order valence-electron chi connectivity index (χ2n) is 4.63. The van der Waals surface area contributed by atoms with E-state index in [0.29, 0.717) is 11.6 Å². The van der Waals surface area contributed by atoms with Crippen LogP contribution in [0.4, 0.5) is 0 Å². The summed E-state index contributed by atoms with van der Waals surface area (Å²) in [7, 11) is 0. The van der Waals surface area contributed by atoms with E-state index in [1.165, 1.54) is 5.57 Å². The van der Waals surface area contributed by atoms with Crippen LogP contribution in [0, 0.1) is 0 Å². The Labute approximate surface area is 108 Å². The minimum absolute atomic E-state index is 0.431. The SMILES string of the molecule is CC1=CCN(CC(O)c2ccc(Cl)cc2)CC1. The van der Waals surface area contributed by atoms with Gasteiger partial charge in [-0.05, 0) is 31.0 Å². The number of hydrogen-bond acceptors (Lipinski definition) is 2. The summed E-state index contributed by atoms with van der Waals surface area (Å²) in [5, 5.41) is 10.8. The first kappa shape index (κ1) is 12.6. The van der Waals surface area contributed by atoms with Crippen molar-refractivity contribution in [3.8, 4) is 0 Å². The summed E-state index contributed by atoms with van der Waals surface area (Å²) >= 11 is 5.82. The molecular formula is C14H18ClNO. The van der Waals surface area contributed by atoms with Gasteiger partial charge in [0, 0.05) is 24.7 Å². The summed E-state index contributed by atoms with van der Waals surface area (Å²) < 4.78 is 0. The fraction of sp³-hybridized carbons (Fsp3) is 0.429. The summed E-state index contributed by atoms with van der Waals surface area (Å²) in [4.78, 5) is 2.27. The lowest BCUT2D eigenvalue weighted by molar-refractivity contribution is 0.117. The molecule has 1 heterocycles. The maximum absolute atomic E-state index is 10.1. The van der Waals surface area contributed by atoms with E-state index in [4.69, 9.17) is 11.6 Å². The molecule has 0 spiro atoms. The molecule has 92 valence electrons. The van der Waals surface area contributed by atoms with Crippen molar-refractivity contribution in [2.24, 2.45) is 0 Å². The first-order chi connectivity index (χ1) is 8.15. The Balaban J connectivity index is 1.93. The van der Waals surface area contributed by atoms with Crippen molar-refractivity contribution in [1.29, 1.82) is 0 Å². The number of halogens is 1. The molecule has 1 atom stereocenters. The number of benzene rings is 1. The molecule has 1 aliphatic heterocycles. The maximum atomic E-state index is 10.1. The minimum Gasteiger partial charge on any atom is -0.387 e. The molecule has 0 fully saturated rings. The van der Waals surface area contributed by atoms with Gasteiger partial charge >= 0.3 is 0 Å². The highest BCUT2D eigenvalue weighted by Crippen LogP contribution is 2.19. The zero-order valence-electron chi connectivity index (χ0n) is 10.1. The fourth-order valence-electron chi connectivity index (χ4n) is 2.01. The molecule has 0 radical (unpaired) electrons. The van der Waals surface area contributed by atoms with Crippen LogP contribution in [0.1, 0.15) is 25.0 Å². The number of rotatable bonds is 3. The molecule has 1 aliphatic rings. The van der Waals surface area contributed by atoms with Crippen molar-refractivity contribution in [1.82, 2.24) is 4.90 Å². The van der Waals surface area contributed by atoms with Crippen molar-refractivity contribution in [2.75, 3.05) is 19.6 Å². The Kier molecular flexibility index (Phi) is 4.21. The van der Waals surface area contributed by atoms with Crippen molar-refractivity contribution in [3.05, 3.63) is 46.5 Å². The molecule has 0 bridgehead atoms. The molecule has 1 N–H and O–H groups in total. The van der Waals surface area contributed by atoms with Crippen LogP contribution < -0.4 is 0 Å². The van der Waals surface area contributed by atoms with Crippen LogP contribution in [0.15, 0.2) is 35.9 Å². The monoisotopic (exact) mass is 251 g/mol. The van der Waals surface area contributed by atoms with Crippen molar-refractivity contribution in [3.63, 3.8) is 0 Å². The number of β-amino-alcohol motifs (C(OH)–C–C–N with tert-alkyl or cyclic N) is 1. The molecular weight excluding hydrogens is 234 g/mol. The van der Waals surface area contributed by atoms with Gasteiger partial charge in [-0.2, -0.15) is 0 Å². The lowest BCUT2D eigenvalue weighted by Gasteiger charge is -2.27. The molecule has 1 aromatic carbocycles. The molecule has 3 heteroatoms.